The zero-order valence-corrected chi connectivity index (χ0v) is 16.6. The second-order valence-corrected chi connectivity index (χ2v) is 9.45. The van der Waals surface area contributed by atoms with Gasteiger partial charge in [-0.1, -0.05) is 12.1 Å². The lowest BCUT2D eigenvalue weighted by Gasteiger charge is -2.45. The normalized spacial score (nSPS) is 18.9. The van der Waals surface area contributed by atoms with Crippen molar-refractivity contribution in [2.75, 3.05) is 25.9 Å². The van der Waals surface area contributed by atoms with Crippen LogP contribution in [-0.4, -0.2) is 49.6 Å². The van der Waals surface area contributed by atoms with E-state index in [0.717, 1.165) is 36.2 Å². The molecule has 2 aliphatic rings. The van der Waals surface area contributed by atoms with Crippen LogP contribution in [-0.2, 0) is 29.2 Å². The first-order valence-corrected chi connectivity index (χ1v) is 11.1. The third kappa shape index (κ3) is 4.26. The number of rotatable bonds is 4. The Hall–Kier alpha value is -2.10. The second-order valence-electron chi connectivity index (χ2n) is 7.47. The highest BCUT2D eigenvalue weighted by Crippen LogP contribution is 2.35. The fourth-order valence-corrected chi connectivity index (χ4v) is 4.65. The SMILES string of the molecule is CS(=O)(=O)N1CC(N2CCc3c(cccc3Oc3ccc(C(F)(F)F)cc3)C2)C1. The summed E-state index contributed by atoms with van der Waals surface area (Å²) in [5, 5.41) is 0. The molecule has 29 heavy (non-hydrogen) atoms. The molecule has 0 radical (unpaired) electrons. The van der Waals surface area contributed by atoms with E-state index in [2.05, 4.69) is 4.90 Å². The number of nitrogens with zero attached hydrogens (tertiary/aromatic N) is 2. The lowest BCUT2D eigenvalue weighted by Crippen LogP contribution is -2.61. The molecule has 1 saturated heterocycles. The van der Waals surface area contributed by atoms with E-state index in [1.165, 1.54) is 22.7 Å². The molecule has 2 aromatic carbocycles. The Kier molecular flexibility index (Phi) is 5.08. The van der Waals surface area contributed by atoms with Crippen LogP contribution in [0.2, 0.25) is 0 Å². The highest BCUT2D eigenvalue weighted by molar-refractivity contribution is 7.88. The molecule has 9 heteroatoms. The van der Waals surface area contributed by atoms with Gasteiger partial charge in [-0.25, -0.2) is 8.42 Å². The van der Waals surface area contributed by atoms with E-state index in [9.17, 15) is 21.6 Å². The largest absolute Gasteiger partial charge is 0.457 e. The molecule has 0 N–H and O–H groups in total. The van der Waals surface area contributed by atoms with Gasteiger partial charge in [-0.3, -0.25) is 4.90 Å². The van der Waals surface area contributed by atoms with Gasteiger partial charge in [-0.05, 0) is 42.3 Å². The summed E-state index contributed by atoms with van der Waals surface area (Å²) >= 11 is 0. The number of benzene rings is 2. The molecule has 5 nitrogen and oxygen atoms in total. The minimum atomic E-state index is -4.37. The lowest BCUT2D eigenvalue weighted by atomic mass is 9.96. The maximum Gasteiger partial charge on any atom is 0.416 e. The molecule has 0 unspecified atom stereocenters. The van der Waals surface area contributed by atoms with Crippen LogP contribution in [0.25, 0.3) is 0 Å². The van der Waals surface area contributed by atoms with Crippen molar-refractivity contribution in [2.45, 2.75) is 25.2 Å². The van der Waals surface area contributed by atoms with Crippen molar-refractivity contribution < 1.29 is 26.3 Å². The third-order valence-corrected chi connectivity index (χ3v) is 6.71. The molecule has 0 aromatic heterocycles. The smallest absolute Gasteiger partial charge is 0.416 e. The predicted molar refractivity (Wildman–Crippen MR) is 102 cm³/mol. The van der Waals surface area contributed by atoms with E-state index in [4.69, 9.17) is 4.74 Å². The van der Waals surface area contributed by atoms with Gasteiger partial charge in [0, 0.05) is 37.8 Å². The van der Waals surface area contributed by atoms with Crippen LogP contribution in [0.3, 0.4) is 0 Å². The fraction of sp³-hybridized carbons (Fsp3) is 0.400. The highest BCUT2D eigenvalue weighted by Gasteiger charge is 2.38. The van der Waals surface area contributed by atoms with E-state index >= 15 is 0 Å². The van der Waals surface area contributed by atoms with Gasteiger partial charge >= 0.3 is 6.18 Å². The van der Waals surface area contributed by atoms with E-state index < -0.39 is 21.8 Å². The van der Waals surface area contributed by atoms with Crippen LogP contribution in [0.5, 0.6) is 11.5 Å². The molecule has 2 aliphatic heterocycles. The predicted octanol–water partition coefficient (Wildman–Crippen LogP) is 3.50. The Balaban J connectivity index is 1.45. The molecule has 0 aliphatic carbocycles. The van der Waals surface area contributed by atoms with E-state index in [0.29, 0.717) is 31.1 Å². The van der Waals surface area contributed by atoms with Gasteiger partial charge in [0.15, 0.2) is 0 Å². The molecule has 0 saturated carbocycles. The Labute approximate surface area is 167 Å². The Morgan fingerprint density at radius 3 is 2.38 bits per heavy atom. The molecule has 0 spiro atoms. The van der Waals surface area contributed by atoms with Crippen molar-refractivity contribution in [1.29, 1.82) is 0 Å². The van der Waals surface area contributed by atoms with Crippen LogP contribution in [0, 0.1) is 0 Å². The van der Waals surface area contributed by atoms with Gasteiger partial charge in [0.1, 0.15) is 11.5 Å². The molecule has 2 heterocycles. The van der Waals surface area contributed by atoms with Crippen LogP contribution >= 0.6 is 0 Å². The van der Waals surface area contributed by atoms with Crippen LogP contribution in [0.15, 0.2) is 42.5 Å². The first-order chi connectivity index (χ1) is 13.6. The van der Waals surface area contributed by atoms with E-state index in [1.54, 1.807) is 0 Å². The minimum Gasteiger partial charge on any atom is -0.457 e. The first-order valence-electron chi connectivity index (χ1n) is 9.26. The number of alkyl halides is 3. The summed E-state index contributed by atoms with van der Waals surface area (Å²) in [7, 11) is -3.14. The zero-order valence-electron chi connectivity index (χ0n) is 15.8. The summed E-state index contributed by atoms with van der Waals surface area (Å²) in [6.07, 6.45) is -2.41. The van der Waals surface area contributed by atoms with Gasteiger partial charge in [-0.2, -0.15) is 17.5 Å². The molecular formula is C20H21F3N2O3S. The average Bonchev–Trinajstić information content (AvgIpc) is 2.59. The number of hydrogen-bond donors (Lipinski definition) is 0. The maximum atomic E-state index is 12.7. The summed E-state index contributed by atoms with van der Waals surface area (Å²) in [5.41, 5.74) is 1.43. The van der Waals surface area contributed by atoms with E-state index in [-0.39, 0.29) is 6.04 Å². The van der Waals surface area contributed by atoms with Crippen molar-refractivity contribution in [2.24, 2.45) is 0 Å². The summed E-state index contributed by atoms with van der Waals surface area (Å²) in [5.74, 6) is 1.00. The van der Waals surface area contributed by atoms with E-state index in [1.807, 2.05) is 18.2 Å². The van der Waals surface area contributed by atoms with Crippen molar-refractivity contribution in [3.63, 3.8) is 0 Å². The topological polar surface area (TPSA) is 49.9 Å². The number of ether oxygens (including phenoxy) is 1. The molecule has 2 aromatic rings. The number of sulfonamides is 1. The monoisotopic (exact) mass is 426 g/mol. The number of hydrogen-bond acceptors (Lipinski definition) is 4. The van der Waals surface area contributed by atoms with Gasteiger partial charge in [0.2, 0.25) is 10.0 Å². The van der Waals surface area contributed by atoms with Gasteiger partial charge in [-0.15, -0.1) is 0 Å². The fourth-order valence-electron chi connectivity index (χ4n) is 3.76. The molecule has 156 valence electrons. The molecule has 0 atom stereocenters. The van der Waals surface area contributed by atoms with Gasteiger partial charge in [0.25, 0.3) is 0 Å². The Morgan fingerprint density at radius 2 is 1.76 bits per heavy atom. The van der Waals surface area contributed by atoms with Crippen LogP contribution in [0.1, 0.15) is 16.7 Å². The maximum absolute atomic E-state index is 12.7. The first kappa shape index (κ1) is 20.2. The summed E-state index contributed by atoms with van der Waals surface area (Å²) in [4.78, 5) is 2.27. The average molecular weight is 426 g/mol. The summed E-state index contributed by atoms with van der Waals surface area (Å²) in [6.45, 7) is 2.50. The molecule has 1 fully saturated rings. The van der Waals surface area contributed by atoms with Crippen molar-refractivity contribution in [3.05, 3.63) is 59.2 Å². The molecule has 0 bridgehead atoms. The quantitative estimate of drug-likeness (QED) is 0.751. The van der Waals surface area contributed by atoms with Crippen LogP contribution < -0.4 is 4.74 Å². The standard InChI is InChI=1S/C20H21F3N2O3S/c1-29(26,27)25-12-16(13-25)24-10-9-18-14(11-24)3-2-4-19(18)28-17-7-5-15(6-8-17)20(21,22)23/h2-8,16H,9-13H2,1H3. The van der Waals surface area contributed by atoms with Crippen molar-refractivity contribution in [1.82, 2.24) is 9.21 Å². The van der Waals surface area contributed by atoms with Crippen molar-refractivity contribution >= 4 is 10.0 Å². The van der Waals surface area contributed by atoms with Crippen molar-refractivity contribution in [3.8, 4) is 11.5 Å². The number of halogens is 3. The third-order valence-electron chi connectivity index (χ3n) is 5.48. The molecular weight excluding hydrogens is 405 g/mol. The molecule has 4 rings (SSSR count). The van der Waals surface area contributed by atoms with Gasteiger partial charge < -0.3 is 4.74 Å². The highest BCUT2D eigenvalue weighted by atomic mass is 32.2. The second kappa shape index (κ2) is 7.30. The van der Waals surface area contributed by atoms with Crippen LogP contribution in [0.4, 0.5) is 13.2 Å². The Bertz CT molecular complexity index is 1000. The Morgan fingerprint density at radius 1 is 1.07 bits per heavy atom. The lowest BCUT2D eigenvalue weighted by molar-refractivity contribution is -0.137. The summed E-state index contributed by atoms with van der Waals surface area (Å²) < 4.78 is 68.6. The summed E-state index contributed by atoms with van der Waals surface area (Å²) in [6, 6.07) is 10.6. The number of fused-ring (bicyclic) bond motifs is 1. The zero-order chi connectivity index (χ0) is 20.8. The van der Waals surface area contributed by atoms with Gasteiger partial charge in [0.05, 0.1) is 11.8 Å². The molecule has 0 amide bonds. The minimum absolute atomic E-state index is 0.206.